The summed E-state index contributed by atoms with van der Waals surface area (Å²) >= 11 is 10.9. The number of carbonyl (C=O) groups is 2. The Morgan fingerprint density at radius 1 is 0.541 bits per heavy atom. The van der Waals surface area contributed by atoms with Crippen LogP contribution in [0.1, 0.15) is 54.8 Å². The molecular weight excluding hydrogens is 664 g/mol. The predicted octanol–water partition coefficient (Wildman–Crippen LogP) is 8.02. The number of halogens is 3. The topological polar surface area (TPSA) is 52.6 Å². The Labute approximate surface area is 239 Å². The molecule has 3 aliphatic rings. The Bertz CT molecular complexity index is 1520. The molecule has 0 heterocycles. The van der Waals surface area contributed by atoms with Crippen molar-refractivity contribution < 1.29 is 19.1 Å². The molecule has 0 aromatic heterocycles. The molecule has 2 unspecified atom stereocenters. The van der Waals surface area contributed by atoms with Gasteiger partial charge in [-0.25, -0.2) is 9.59 Å². The van der Waals surface area contributed by atoms with E-state index < -0.39 is 24.1 Å². The highest BCUT2D eigenvalue weighted by Gasteiger charge is 2.54. The summed E-state index contributed by atoms with van der Waals surface area (Å²) in [4.78, 5) is 26.6. The van der Waals surface area contributed by atoms with E-state index in [1.165, 1.54) is 0 Å². The zero-order valence-corrected chi connectivity index (χ0v) is 24.0. The van der Waals surface area contributed by atoms with Crippen LogP contribution in [0.2, 0.25) is 0 Å². The first-order valence-electron chi connectivity index (χ1n) is 11.7. The summed E-state index contributed by atoms with van der Waals surface area (Å²) in [5.74, 6) is -1.53. The first kappa shape index (κ1) is 24.6. The molecule has 0 radical (unpaired) electrons. The largest absolute Gasteiger partial charge is 0.454 e. The molecule has 2 bridgehead atoms. The normalized spacial score (nSPS) is 21.1. The molecule has 4 atom stereocenters. The third-order valence-corrected chi connectivity index (χ3v) is 9.34. The van der Waals surface area contributed by atoms with Crippen LogP contribution < -0.4 is 0 Å². The molecule has 0 saturated heterocycles. The van der Waals surface area contributed by atoms with Crippen LogP contribution in [-0.2, 0) is 9.47 Å². The van der Waals surface area contributed by atoms with E-state index in [0.29, 0.717) is 11.1 Å². The Morgan fingerprint density at radius 3 is 1.46 bits per heavy atom. The highest BCUT2D eigenvalue weighted by Crippen LogP contribution is 2.56. The van der Waals surface area contributed by atoms with Crippen LogP contribution in [0.3, 0.4) is 0 Å². The van der Waals surface area contributed by atoms with E-state index in [-0.39, 0.29) is 11.8 Å². The molecule has 7 heteroatoms. The van der Waals surface area contributed by atoms with E-state index in [4.69, 9.17) is 9.47 Å². The minimum atomic E-state index is -0.715. The minimum absolute atomic E-state index is 0.311. The predicted molar refractivity (Wildman–Crippen MR) is 151 cm³/mol. The molecule has 7 rings (SSSR count). The third-order valence-electron chi connectivity index (χ3n) is 7.00. The van der Waals surface area contributed by atoms with Crippen molar-refractivity contribution in [1.29, 1.82) is 0 Å². The zero-order chi connectivity index (χ0) is 25.7. The molecule has 4 aromatic carbocycles. The lowest BCUT2D eigenvalue weighted by molar-refractivity contribution is -0.0557. The average molecular weight is 683 g/mol. The van der Waals surface area contributed by atoms with Crippen LogP contribution in [0.5, 0.6) is 0 Å². The molecule has 0 aliphatic heterocycles. The molecular formula is C30H19Br3O4. The van der Waals surface area contributed by atoms with Gasteiger partial charge < -0.3 is 9.47 Å². The zero-order valence-electron chi connectivity index (χ0n) is 19.2. The second-order valence-corrected chi connectivity index (χ2v) is 11.7. The van der Waals surface area contributed by atoms with Crippen molar-refractivity contribution in [2.45, 2.75) is 24.0 Å². The molecule has 4 nitrogen and oxygen atoms in total. The first-order chi connectivity index (χ1) is 17.9. The SMILES string of the molecule is O=C(OC1C(OC(=O)c2ccccc2)[C@H]2c3cc(Br)ccc3[C@H]1c1cc(Br)c(Br)cc12)c1ccccc1. The Balaban J connectivity index is 1.51. The van der Waals surface area contributed by atoms with Crippen molar-refractivity contribution in [3.63, 3.8) is 0 Å². The van der Waals surface area contributed by atoms with E-state index in [2.05, 4.69) is 72.1 Å². The van der Waals surface area contributed by atoms with E-state index in [1.54, 1.807) is 48.5 Å². The molecule has 0 N–H and O–H groups in total. The van der Waals surface area contributed by atoms with Gasteiger partial charge in [0, 0.05) is 13.4 Å². The van der Waals surface area contributed by atoms with E-state index >= 15 is 0 Å². The van der Waals surface area contributed by atoms with Crippen LogP contribution in [0.15, 0.2) is 104 Å². The summed E-state index contributed by atoms with van der Waals surface area (Å²) < 4.78 is 15.2. The standard InChI is InChI=1S/C30H19Br3O4/c31-18-11-12-19-20(13-18)26-22-15-24(33)23(32)14-21(22)25(19)27(36-29(34)16-7-3-1-4-8-16)28(26)37-30(35)17-9-5-2-6-10-17/h1-15,25-28H/t25-,26-,27?,28?/m0/s1. The van der Waals surface area contributed by atoms with Crippen LogP contribution in [0.4, 0.5) is 0 Å². The quantitative estimate of drug-likeness (QED) is 0.205. The molecule has 184 valence electrons. The van der Waals surface area contributed by atoms with Gasteiger partial charge in [-0.15, -0.1) is 0 Å². The van der Waals surface area contributed by atoms with Crippen LogP contribution >= 0.6 is 47.8 Å². The molecule has 0 spiro atoms. The second-order valence-electron chi connectivity index (χ2n) is 9.10. The number of fused-ring (bicyclic) bond motifs is 1. The van der Waals surface area contributed by atoms with Gasteiger partial charge in [0.1, 0.15) is 0 Å². The van der Waals surface area contributed by atoms with Gasteiger partial charge in [-0.1, -0.05) is 58.4 Å². The van der Waals surface area contributed by atoms with Crippen molar-refractivity contribution in [1.82, 2.24) is 0 Å². The van der Waals surface area contributed by atoms with Crippen molar-refractivity contribution in [2.24, 2.45) is 0 Å². The summed E-state index contributed by atoms with van der Waals surface area (Å²) in [6.07, 6.45) is -1.42. The molecule has 0 amide bonds. The summed E-state index contributed by atoms with van der Waals surface area (Å²) in [5.41, 5.74) is 5.11. The fourth-order valence-electron chi connectivity index (χ4n) is 5.44. The van der Waals surface area contributed by atoms with E-state index in [0.717, 1.165) is 35.7 Å². The Morgan fingerprint density at radius 2 is 0.973 bits per heavy atom. The second kappa shape index (κ2) is 9.86. The average Bonchev–Trinajstić information content (AvgIpc) is 2.91. The van der Waals surface area contributed by atoms with Crippen molar-refractivity contribution in [3.8, 4) is 0 Å². The van der Waals surface area contributed by atoms with Crippen molar-refractivity contribution in [3.05, 3.63) is 138 Å². The number of carbonyl (C=O) groups excluding carboxylic acids is 2. The molecule has 4 aromatic rings. The van der Waals surface area contributed by atoms with Crippen LogP contribution in [-0.4, -0.2) is 24.1 Å². The lowest BCUT2D eigenvalue weighted by Gasteiger charge is -2.49. The number of hydrogen-bond donors (Lipinski definition) is 0. The van der Waals surface area contributed by atoms with Gasteiger partial charge in [-0.2, -0.15) is 0 Å². The van der Waals surface area contributed by atoms with Crippen molar-refractivity contribution >= 4 is 59.7 Å². The van der Waals surface area contributed by atoms with Crippen molar-refractivity contribution in [2.75, 3.05) is 0 Å². The first-order valence-corrected chi connectivity index (χ1v) is 14.1. The highest BCUT2D eigenvalue weighted by molar-refractivity contribution is 9.13. The molecule has 0 fully saturated rings. The number of benzene rings is 4. The maximum absolute atomic E-state index is 13.3. The molecule has 3 aliphatic carbocycles. The van der Waals surface area contributed by atoms with Gasteiger partial charge in [0.15, 0.2) is 12.2 Å². The summed E-state index contributed by atoms with van der Waals surface area (Å²) in [7, 11) is 0. The van der Waals surface area contributed by atoms with E-state index in [9.17, 15) is 9.59 Å². The fourth-order valence-corrected chi connectivity index (χ4v) is 6.54. The third kappa shape index (κ3) is 4.37. The van der Waals surface area contributed by atoms with Gasteiger partial charge in [0.05, 0.1) is 23.0 Å². The minimum Gasteiger partial charge on any atom is -0.454 e. The van der Waals surface area contributed by atoms with Gasteiger partial charge in [0.25, 0.3) is 0 Å². The highest BCUT2D eigenvalue weighted by atomic mass is 79.9. The van der Waals surface area contributed by atoms with Crippen LogP contribution in [0, 0.1) is 0 Å². The number of esters is 2. The van der Waals surface area contributed by atoms with Gasteiger partial charge in [-0.3, -0.25) is 0 Å². The summed E-state index contributed by atoms with van der Waals surface area (Å²) in [6.45, 7) is 0. The monoisotopic (exact) mass is 680 g/mol. The van der Waals surface area contributed by atoms with Crippen LogP contribution in [0.25, 0.3) is 0 Å². The summed E-state index contributed by atoms with van der Waals surface area (Å²) in [6, 6.07) is 28.1. The smallest absolute Gasteiger partial charge is 0.338 e. The Kier molecular flexibility index (Phi) is 6.55. The number of ether oxygens (including phenoxy) is 2. The lowest BCUT2D eigenvalue weighted by Crippen LogP contribution is -2.51. The fraction of sp³-hybridized carbons (Fsp3) is 0.133. The van der Waals surface area contributed by atoms with Gasteiger partial charge >= 0.3 is 11.9 Å². The van der Waals surface area contributed by atoms with Gasteiger partial charge in [0.2, 0.25) is 0 Å². The lowest BCUT2D eigenvalue weighted by atomic mass is 9.61. The summed E-state index contributed by atoms with van der Waals surface area (Å²) in [5, 5.41) is 0. The maximum atomic E-state index is 13.3. The molecule has 0 saturated carbocycles. The number of rotatable bonds is 4. The van der Waals surface area contributed by atoms with Gasteiger partial charge in [-0.05, 0) is 103 Å². The molecule has 37 heavy (non-hydrogen) atoms. The number of hydrogen-bond acceptors (Lipinski definition) is 4. The Hall–Kier alpha value is -2.74. The maximum Gasteiger partial charge on any atom is 0.338 e. The van der Waals surface area contributed by atoms with E-state index in [1.807, 2.05) is 18.2 Å².